The van der Waals surface area contributed by atoms with E-state index in [-0.39, 0.29) is 30.1 Å². The number of hydrogen-bond donors (Lipinski definition) is 2. The van der Waals surface area contributed by atoms with E-state index in [4.69, 9.17) is 9.47 Å². The van der Waals surface area contributed by atoms with Crippen LogP contribution in [0.15, 0.2) is 18.2 Å². The summed E-state index contributed by atoms with van der Waals surface area (Å²) in [5.41, 5.74) is 0.999. The Bertz CT molecular complexity index is 822. The monoisotopic (exact) mass is 403 g/mol. The van der Waals surface area contributed by atoms with E-state index in [1.165, 1.54) is 0 Å². The van der Waals surface area contributed by atoms with Crippen LogP contribution >= 0.6 is 0 Å². The summed E-state index contributed by atoms with van der Waals surface area (Å²) >= 11 is 0. The number of imide groups is 2. The Morgan fingerprint density at radius 3 is 2.66 bits per heavy atom. The van der Waals surface area contributed by atoms with Gasteiger partial charge in [0.2, 0.25) is 11.8 Å². The number of hydrogen-bond acceptors (Lipinski definition) is 7. The molecule has 2 heterocycles. The van der Waals surface area contributed by atoms with E-state index >= 15 is 0 Å². The second kappa shape index (κ2) is 9.15. The summed E-state index contributed by atoms with van der Waals surface area (Å²) in [6.45, 7) is 5.73. The fourth-order valence-electron chi connectivity index (χ4n) is 3.36. The van der Waals surface area contributed by atoms with Crippen molar-refractivity contribution in [3.8, 4) is 0 Å². The van der Waals surface area contributed by atoms with Gasteiger partial charge in [0.05, 0.1) is 37.1 Å². The third-order valence-electron chi connectivity index (χ3n) is 4.71. The predicted molar refractivity (Wildman–Crippen MR) is 104 cm³/mol. The summed E-state index contributed by atoms with van der Waals surface area (Å²) in [5.74, 6) is -2.08. The van der Waals surface area contributed by atoms with Crippen molar-refractivity contribution >= 4 is 29.3 Å². The van der Waals surface area contributed by atoms with Crippen molar-refractivity contribution in [2.24, 2.45) is 0 Å². The second-order valence-electron chi connectivity index (χ2n) is 7.13. The van der Waals surface area contributed by atoms with Crippen molar-refractivity contribution in [1.29, 1.82) is 0 Å². The molecule has 1 unspecified atom stereocenters. The van der Waals surface area contributed by atoms with E-state index in [1.807, 2.05) is 13.8 Å². The van der Waals surface area contributed by atoms with Crippen LogP contribution in [0.5, 0.6) is 0 Å². The van der Waals surface area contributed by atoms with Crippen LogP contribution in [-0.2, 0) is 19.1 Å². The molecule has 0 aliphatic carbocycles. The molecule has 0 saturated carbocycles. The molecule has 0 radical (unpaired) electrons. The van der Waals surface area contributed by atoms with Crippen molar-refractivity contribution in [1.82, 2.24) is 10.2 Å². The highest BCUT2D eigenvalue weighted by Crippen LogP contribution is 2.32. The highest BCUT2D eigenvalue weighted by molar-refractivity contribution is 6.25. The third kappa shape index (κ3) is 4.63. The Labute approximate surface area is 168 Å². The molecule has 29 heavy (non-hydrogen) atoms. The molecule has 4 amide bonds. The van der Waals surface area contributed by atoms with Crippen LogP contribution in [0.2, 0.25) is 0 Å². The molecule has 0 bridgehead atoms. The summed E-state index contributed by atoms with van der Waals surface area (Å²) in [4.78, 5) is 50.2. The summed E-state index contributed by atoms with van der Waals surface area (Å²) in [6, 6.07) is 3.97. The Morgan fingerprint density at radius 1 is 1.14 bits per heavy atom. The van der Waals surface area contributed by atoms with E-state index in [0.717, 1.165) is 4.90 Å². The first-order valence-electron chi connectivity index (χ1n) is 9.68. The van der Waals surface area contributed by atoms with Gasteiger partial charge in [-0.15, -0.1) is 0 Å². The molecule has 156 valence electrons. The fourth-order valence-corrected chi connectivity index (χ4v) is 3.36. The van der Waals surface area contributed by atoms with Gasteiger partial charge in [-0.2, -0.15) is 0 Å². The van der Waals surface area contributed by atoms with Gasteiger partial charge in [-0.1, -0.05) is 6.07 Å². The molecule has 0 aromatic heterocycles. The van der Waals surface area contributed by atoms with Gasteiger partial charge in [0.1, 0.15) is 6.04 Å². The van der Waals surface area contributed by atoms with Crippen molar-refractivity contribution in [3.63, 3.8) is 0 Å². The van der Waals surface area contributed by atoms with Crippen molar-refractivity contribution in [2.75, 3.05) is 31.7 Å². The van der Waals surface area contributed by atoms with Crippen molar-refractivity contribution < 1.29 is 28.7 Å². The van der Waals surface area contributed by atoms with E-state index in [0.29, 0.717) is 32.1 Å². The van der Waals surface area contributed by atoms with E-state index in [2.05, 4.69) is 10.6 Å². The average Bonchev–Trinajstić information content (AvgIpc) is 2.92. The van der Waals surface area contributed by atoms with Gasteiger partial charge in [0.15, 0.2) is 0 Å². The average molecular weight is 403 g/mol. The van der Waals surface area contributed by atoms with Gasteiger partial charge < -0.3 is 14.8 Å². The molecule has 9 nitrogen and oxygen atoms in total. The minimum Gasteiger partial charge on any atom is -0.382 e. The second-order valence-corrected chi connectivity index (χ2v) is 7.13. The topological polar surface area (TPSA) is 114 Å². The van der Waals surface area contributed by atoms with Gasteiger partial charge in [-0.05, 0) is 32.4 Å². The predicted octanol–water partition coefficient (Wildman–Crippen LogP) is 0.941. The lowest BCUT2D eigenvalue weighted by Gasteiger charge is -2.27. The van der Waals surface area contributed by atoms with E-state index in [9.17, 15) is 19.2 Å². The number of carbonyl (C=O) groups excluding carboxylic acids is 4. The Hall–Kier alpha value is -2.78. The van der Waals surface area contributed by atoms with Gasteiger partial charge in [0, 0.05) is 18.7 Å². The maximum absolute atomic E-state index is 12.9. The van der Waals surface area contributed by atoms with Gasteiger partial charge in [0.25, 0.3) is 11.8 Å². The molecule has 1 saturated heterocycles. The van der Waals surface area contributed by atoms with Gasteiger partial charge >= 0.3 is 0 Å². The summed E-state index contributed by atoms with van der Waals surface area (Å²) in [5, 5.41) is 5.31. The van der Waals surface area contributed by atoms with Crippen LogP contribution in [0.4, 0.5) is 5.69 Å². The van der Waals surface area contributed by atoms with Crippen LogP contribution in [-0.4, -0.2) is 67.0 Å². The number of amides is 4. The zero-order valence-corrected chi connectivity index (χ0v) is 16.5. The van der Waals surface area contributed by atoms with Crippen LogP contribution in [0.25, 0.3) is 0 Å². The maximum atomic E-state index is 12.9. The third-order valence-corrected chi connectivity index (χ3v) is 4.71. The van der Waals surface area contributed by atoms with Gasteiger partial charge in [-0.3, -0.25) is 29.4 Å². The first kappa shape index (κ1) is 20.9. The maximum Gasteiger partial charge on any atom is 0.264 e. The number of anilines is 1. The van der Waals surface area contributed by atoms with Crippen molar-refractivity contribution in [3.05, 3.63) is 29.3 Å². The SMILES string of the molecule is CC(C)OCCOCCNc1cccc2c1C(=O)N(C1CCC(=O)NC1=O)C2=O. The number of rotatable bonds is 9. The summed E-state index contributed by atoms with van der Waals surface area (Å²) in [6.07, 6.45) is 0.373. The normalized spacial score (nSPS) is 19.0. The van der Waals surface area contributed by atoms with Crippen molar-refractivity contribution in [2.45, 2.75) is 38.8 Å². The molecule has 3 rings (SSSR count). The lowest BCUT2D eigenvalue weighted by molar-refractivity contribution is -0.136. The Balaban J connectivity index is 1.62. The van der Waals surface area contributed by atoms with Crippen LogP contribution in [0.3, 0.4) is 0 Å². The standard InChI is InChI=1S/C20H25N3O6/c1-12(2)29-11-10-28-9-8-21-14-5-3-4-13-17(14)20(27)23(19(13)26)15-6-7-16(24)22-18(15)25/h3-5,12,15,21H,6-11H2,1-2H3,(H,22,24,25). The molecule has 2 aliphatic rings. The molecule has 1 aromatic carbocycles. The molecule has 2 N–H and O–H groups in total. The fraction of sp³-hybridized carbons (Fsp3) is 0.500. The summed E-state index contributed by atoms with van der Waals surface area (Å²) < 4.78 is 10.9. The lowest BCUT2D eigenvalue weighted by Crippen LogP contribution is -2.54. The minimum atomic E-state index is -0.975. The molecule has 1 atom stereocenters. The number of fused-ring (bicyclic) bond motifs is 1. The molecule has 2 aliphatic heterocycles. The molecule has 1 aromatic rings. The van der Waals surface area contributed by atoms with Gasteiger partial charge in [-0.25, -0.2) is 0 Å². The van der Waals surface area contributed by atoms with Crippen LogP contribution in [0, 0.1) is 0 Å². The van der Waals surface area contributed by atoms with E-state index in [1.54, 1.807) is 18.2 Å². The number of piperidine rings is 1. The molecular formula is C20H25N3O6. The number of ether oxygens (including phenoxy) is 2. The quantitative estimate of drug-likeness (QED) is 0.466. The Kier molecular flexibility index (Phi) is 6.60. The smallest absolute Gasteiger partial charge is 0.264 e. The number of nitrogens with one attached hydrogen (secondary N) is 2. The number of carbonyl (C=O) groups is 4. The summed E-state index contributed by atoms with van der Waals surface area (Å²) in [7, 11) is 0. The lowest BCUT2D eigenvalue weighted by atomic mass is 10.0. The molecule has 9 heteroatoms. The molecular weight excluding hydrogens is 378 g/mol. The first-order chi connectivity index (χ1) is 13.9. The number of benzene rings is 1. The molecule has 1 fully saturated rings. The zero-order chi connectivity index (χ0) is 21.0. The largest absolute Gasteiger partial charge is 0.382 e. The minimum absolute atomic E-state index is 0.0901. The highest BCUT2D eigenvalue weighted by Gasteiger charge is 2.45. The van der Waals surface area contributed by atoms with Crippen LogP contribution < -0.4 is 10.6 Å². The number of nitrogens with zero attached hydrogens (tertiary/aromatic N) is 1. The Morgan fingerprint density at radius 2 is 1.93 bits per heavy atom. The molecule has 0 spiro atoms. The zero-order valence-electron chi connectivity index (χ0n) is 16.5. The van der Waals surface area contributed by atoms with Crippen LogP contribution in [0.1, 0.15) is 47.4 Å². The highest BCUT2D eigenvalue weighted by atomic mass is 16.5. The first-order valence-corrected chi connectivity index (χ1v) is 9.68. The van der Waals surface area contributed by atoms with E-state index < -0.39 is 29.7 Å².